The molecule has 1 saturated carbocycles. The van der Waals surface area contributed by atoms with Gasteiger partial charge in [0.2, 0.25) is 5.88 Å². The molecule has 1 N–H and O–H groups in total. The first-order valence-corrected chi connectivity index (χ1v) is 12.4. The van der Waals surface area contributed by atoms with Crippen LogP contribution in [-0.2, 0) is 4.74 Å². The molecule has 8 nitrogen and oxygen atoms in total. The zero-order valence-electron chi connectivity index (χ0n) is 20.6. The summed E-state index contributed by atoms with van der Waals surface area (Å²) in [7, 11) is 0. The Morgan fingerprint density at radius 1 is 1.03 bits per heavy atom. The van der Waals surface area contributed by atoms with E-state index in [1.54, 1.807) is 17.3 Å². The number of amides is 1. The topological polar surface area (TPSA) is 89.5 Å². The summed E-state index contributed by atoms with van der Waals surface area (Å²) in [5.41, 5.74) is 1.40. The SMILES string of the molecule is CC(C)(C)OC(=O)N1CCC(c2nccnc2O[C@H]2C[C@H](Nc3ccc4ccccc4n3)C2)CC1. The molecule has 5 rings (SSSR count). The molecule has 1 amide bonds. The van der Waals surface area contributed by atoms with Gasteiger partial charge in [0, 0.05) is 55.7 Å². The van der Waals surface area contributed by atoms with Crippen molar-refractivity contribution in [2.24, 2.45) is 0 Å². The van der Waals surface area contributed by atoms with Crippen molar-refractivity contribution in [3.63, 3.8) is 0 Å². The number of fused-ring (bicyclic) bond motifs is 1. The number of nitrogens with one attached hydrogen (secondary N) is 1. The molecular weight excluding hydrogens is 442 g/mol. The Morgan fingerprint density at radius 3 is 2.54 bits per heavy atom. The lowest BCUT2D eigenvalue weighted by Crippen LogP contribution is -2.43. The number of rotatable bonds is 5. The van der Waals surface area contributed by atoms with Crippen molar-refractivity contribution in [2.45, 2.75) is 70.1 Å². The molecule has 1 saturated heterocycles. The molecule has 0 bridgehead atoms. The van der Waals surface area contributed by atoms with E-state index in [1.165, 1.54) is 0 Å². The van der Waals surface area contributed by atoms with Crippen molar-refractivity contribution in [3.8, 4) is 5.88 Å². The van der Waals surface area contributed by atoms with Crippen LogP contribution in [0.15, 0.2) is 48.8 Å². The maximum atomic E-state index is 12.4. The fraction of sp³-hybridized carbons (Fsp3) is 0.481. The third-order valence-electron chi connectivity index (χ3n) is 6.55. The Hall–Kier alpha value is -3.42. The van der Waals surface area contributed by atoms with E-state index in [2.05, 4.69) is 27.4 Å². The molecule has 0 radical (unpaired) electrons. The van der Waals surface area contributed by atoms with Crippen molar-refractivity contribution >= 4 is 22.8 Å². The Kier molecular flexibility index (Phi) is 6.45. The van der Waals surface area contributed by atoms with Crippen LogP contribution in [-0.4, -0.2) is 56.8 Å². The van der Waals surface area contributed by atoms with E-state index in [-0.39, 0.29) is 18.1 Å². The van der Waals surface area contributed by atoms with Gasteiger partial charge in [-0.05, 0) is 51.8 Å². The van der Waals surface area contributed by atoms with Gasteiger partial charge in [-0.3, -0.25) is 4.98 Å². The maximum absolute atomic E-state index is 12.4. The van der Waals surface area contributed by atoms with Crippen molar-refractivity contribution in [1.29, 1.82) is 0 Å². The minimum Gasteiger partial charge on any atom is -0.473 e. The molecule has 35 heavy (non-hydrogen) atoms. The van der Waals surface area contributed by atoms with Crippen LogP contribution in [0, 0.1) is 0 Å². The lowest BCUT2D eigenvalue weighted by atomic mass is 9.89. The summed E-state index contributed by atoms with van der Waals surface area (Å²) < 4.78 is 11.8. The summed E-state index contributed by atoms with van der Waals surface area (Å²) in [6.07, 6.45) is 6.67. The average Bonchev–Trinajstić information content (AvgIpc) is 2.82. The fourth-order valence-corrected chi connectivity index (χ4v) is 4.66. The predicted molar refractivity (Wildman–Crippen MR) is 135 cm³/mol. The fourth-order valence-electron chi connectivity index (χ4n) is 4.66. The second-order valence-corrected chi connectivity index (χ2v) is 10.4. The molecule has 8 heteroatoms. The van der Waals surface area contributed by atoms with Crippen LogP contribution in [0.5, 0.6) is 5.88 Å². The summed E-state index contributed by atoms with van der Waals surface area (Å²) in [5, 5.41) is 4.66. The van der Waals surface area contributed by atoms with Crippen LogP contribution in [0.1, 0.15) is 58.1 Å². The average molecular weight is 476 g/mol. The lowest BCUT2D eigenvalue weighted by Gasteiger charge is -2.37. The lowest BCUT2D eigenvalue weighted by molar-refractivity contribution is 0.0202. The zero-order valence-corrected chi connectivity index (χ0v) is 20.6. The molecule has 2 aliphatic rings. The molecule has 1 aliphatic heterocycles. The summed E-state index contributed by atoms with van der Waals surface area (Å²) in [4.78, 5) is 28.0. The van der Waals surface area contributed by atoms with Crippen LogP contribution >= 0.6 is 0 Å². The highest BCUT2D eigenvalue weighted by Gasteiger charge is 2.34. The van der Waals surface area contributed by atoms with E-state index >= 15 is 0 Å². The van der Waals surface area contributed by atoms with Crippen molar-refractivity contribution in [2.75, 3.05) is 18.4 Å². The highest BCUT2D eigenvalue weighted by molar-refractivity contribution is 5.80. The summed E-state index contributed by atoms with van der Waals surface area (Å²) >= 11 is 0. The number of piperidine rings is 1. The van der Waals surface area contributed by atoms with Gasteiger partial charge in [0.1, 0.15) is 23.2 Å². The molecule has 184 valence electrons. The molecule has 3 aromatic rings. The van der Waals surface area contributed by atoms with E-state index in [9.17, 15) is 4.79 Å². The monoisotopic (exact) mass is 475 g/mol. The summed E-state index contributed by atoms with van der Waals surface area (Å²) in [6, 6.07) is 12.6. The van der Waals surface area contributed by atoms with Crippen LogP contribution in [0.4, 0.5) is 10.6 Å². The van der Waals surface area contributed by atoms with E-state index in [0.29, 0.717) is 25.0 Å². The minimum absolute atomic E-state index is 0.102. The maximum Gasteiger partial charge on any atom is 0.410 e. The number of hydrogen-bond donors (Lipinski definition) is 1. The molecule has 3 heterocycles. The molecule has 2 fully saturated rings. The Morgan fingerprint density at radius 2 is 1.77 bits per heavy atom. The number of benzene rings is 1. The Balaban J connectivity index is 1.14. The van der Waals surface area contributed by atoms with Gasteiger partial charge in [0.25, 0.3) is 0 Å². The predicted octanol–water partition coefficient (Wildman–Crippen LogP) is 5.16. The first-order valence-electron chi connectivity index (χ1n) is 12.4. The van der Waals surface area contributed by atoms with E-state index < -0.39 is 5.60 Å². The van der Waals surface area contributed by atoms with E-state index in [4.69, 9.17) is 14.5 Å². The zero-order chi connectivity index (χ0) is 24.4. The number of likely N-dealkylation sites (tertiary alicyclic amines) is 1. The van der Waals surface area contributed by atoms with Crippen LogP contribution in [0.25, 0.3) is 10.9 Å². The van der Waals surface area contributed by atoms with Gasteiger partial charge in [-0.2, -0.15) is 0 Å². The Bertz CT molecular complexity index is 1180. The number of hydrogen-bond acceptors (Lipinski definition) is 7. The van der Waals surface area contributed by atoms with Crippen LogP contribution in [0.2, 0.25) is 0 Å². The second kappa shape index (κ2) is 9.68. The molecule has 1 aliphatic carbocycles. The largest absolute Gasteiger partial charge is 0.473 e. The van der Waals surface area contributed by atoms with Crippen molar-refractivity contribution in [1.82, 2.24) is 19.9 Å². The first kappa shape index (κ1) is 23.3. The number of carbonyl (C=O) groups is 1. The van der Waals surface area contributed by atoms with Gasteiger partial charge >= 0.3 is 6.09 Å². The van der Waals surface area contributed by atoms with E-state index in [1.807, 2.05) is 45.0 Å². The number of ether oxygens (including phenoxy) is 2. The first-order chi connectivity index (χ1) is 16.8. The highest BCUT2D eigenvalue weighted by Crippen LogP contribution is 2.35. The molecule has 1 aromatic carbocycles. The number of para-hydroxylation sites is 1. The van der Waals surface area contributed by atoms with Crippen molar-refractivity contribution < 1.29 is 14.3 Å². The van der Waals surface area contributed by atoms with Gasteiger partial charge in [-0.1, -0.05) is 18.2 Å². The molecule has 0 spiro atoms. The smallest absolute Gasteiger partial charge is 0.410 e. The number of carbonyl (C=O) groups excluding carboxylic acids is 1. The molecular formula is C27H33N5O3. The van der Waals surface area contributed by atoms with Gasteiger partial charge in [-0.15, -0.1) is 0 Å². The number of aromatic nitrogens is 3. The van der Waals surface area contributed by atoms with Crippen LogP contribution < -0.4 is 10.1 Å². The van der Waals surface area contributed by atoms with Crippen molar-refractivity contribution in [3.05, 3.63) is 54.5 Å². The normalized spacial score (nSPS) is 20.8. The van der Waals surface area contributed by atoms with Gasteiger partial charge < -0.3 is 19.7 Å². The standard InChI is InChI=1S/C27H33N5O3/c1-27(2,3)35-26(33)32-14-10-19(11-15-32)24-25(29-13-12-28-24)34-21-16-20(17-21)30-23-9-8-18-6-4-5-7-22(18)31-23/h4-9,12-13,19-21H,10-11,14-17H2,1-3H3,(H,30,31)/t20-,21-. The number of nitrogens with zero attached hydrogens (tertiary/aromatic N) is 4. The molecule has 0 atom stereocenters. The minimum atomic E-state index is -0.486. The third kappa shape index (κ3) is 5.63. The number of pyridine rings is 1. The van der Waals surface area contributed by atoms with Gasteiger partial charge in [0.15, 0.2) is 0 Å². The molecule has 0 unspecified atom stereocenters. The summed E-state index contributed by atoms with van der Waals surface area (Å²) in [6.45, 7) is 6.95. The molecule has 2 aromatic heterocycles. The highest BCUT2D eigenvalue weighted by atomic mass is 16.6. The quantitative estimate of drug-likeness (QED) is 0.545. The second-order valence-electron chi connectivity index (χ2n) is 10.4. The van der Waals surface area contributed by atoms with Crippen LogP contribution in [0.3, 0.4) is 0 Å². The Labute approximate surface area is 206 Å². The van der Waals surface area contributed by atoms with Gasteiger partial charge in [0.05, 0.1) is 5.52 Å². The van der Waals surface area contributed by atoms with E-state index in [0.717, 1.165) is 48.1 Å². The number of anilines is 1. The van der Waals surface area contributed by atoms with Gasteiger partial charge in [-0.25, -0.2) is 14.8 Å². The third-order valence-corrected chi connectivity index (χ3v) is 6.55. The summed E-state index contributed by atoms with van der Waals surface area (Å²) in [5.74, 6) is 1.73.